The summed E-state index contributed by atoms with van der Waals surface area (Å²) in [5.74, 6) is -0.119. The summed E-state index contributed by atoms with van der Waals surface area (Å²) in [4.78, 5) is 11.8. The molecule has 1 aromatic rings. The van der Waals surface area contributed by atoms with Crippen molar-refractivity contribution in [2.45, 2.75) is 31.9 Å². The second-order valence-corrected chi connectivity index (χ2v) is 5.14. The Labute approximate surface area is 113 Å². The number of rotatable bonds is 4. The Balaban J connectivity index is 1.80. The van der Waals surface area contributed by atoms with E-state index in [2.05, 4.69) is 0 Å². The third-order valence-electron chi connectivity index (χ3n) is 3.48. The third kappa shape index (κ3) is 4.04. The smallest absolute Gasteiger partial charge is 0.338 e. The lowest BCUT2D eigenvalue weighted by Crippen LogP contribution is -2.39. The van der Waals surface area contributed by atoms with Gasteiger partial charge in [-0.25, -0.2) is 4.79 Å². The summed E-state index contributed by atoms with van der Waals surface area (Å²) in [6.45, 7) is 3.09. The molecule has 1 aromatic carbocycles. The highest BCUT2D eigenvalue weighted by Gasteiger charge is 2.26. The number of benzene rings is 1. The van der Waals surface area contributed by atoms with Crippen LogP contribution in [-0.4, -0.2) is 31.3 Å². The molecular formula is C15H21NO3. The summed E-state index contributed by atoms with van der Waals surface area (Å²) in [6, 6.07) is 9.22. The van der Waals surface area contributed by atoms with Gasteiger partial charge < -0.3 is 15.2 Å². The molecule has 2 N–H and O–H groups in total. The molecule has 104 valence electrons. The molecule has 0 radical (unpaired) electrons. The van der Waals surface area contributed by atoms with Crippen LogP contribution in [0.5, 0.6) is 0 Å². The zero-order valence-electron chi connectivity index (χ0n) is 11.2. The van der Waals surface area contributed by atoms with Crippen LogP contribution < -0.4 is 5.73 Å². The Morgan fingerprint density at radius 1 is 1.47 bits per heavy atom. The summed E-state index contributed by atoms with van der Waals surface area (Å²) in [5, 5.41) is 0. The highest BCUT2D eigenvalue weighted by atomic mass is 16.5. The summed E-state index contributed by atoms with van der Waals surface area (Å²) in [5.41, 5.74) is 6.50. The SMILES string of the molecule is CC(COC(=O)c1ccccc1)C1CC(N)CCO1. The molecule has 1 saturated heterocycles. The summed E-state index contributed by atoms with van der Waals surface area (Å²) in [7, 11) is 0. The van der Waals surface area contributed by atoms with Gasteiger partial charge in [0.1, 0.15) is 0 Å². The van der Waals surface area contributed by atoms with Gasteiger partial charge >= 0.3 is 5.97 Å². The molecule has 0 amide bonds. The van der Waals surface area contributed by atoms with Crippen LogP contribution in [0.2, 0.25) is 0 Å². The Hall–Kier alpha value is -1.39. The monoisotopic (exact) mass is 263 g/mol. The van der Waals surface area contributed by atoms with Gasteiger partial charge in [-0.05, 0) is 25.0 Å². The van der Waals surface area contributed by atoms with Crippen LogP contribution in [0.1, 0.15) is 30.1 Å². The van der Waals surface area contributed by atoms with Gasteiger partial charge in [0.25, 0.3) is 0 Å². The predicted molar refractivity (Wildman–Crippen MR) is 72.8 cm³/mol. The van der Waals surface area contributed by atoms with Crippen molar-refractivity contribution in [3.63, 3.8) is 0 Å². The first-order valence-electron chi connectivity index (χ1n) is 6.76. The van der Waals surface area contributed by atoms with Gasteiger partial charge in [0.05, 0.1) is 18.3 Å². The van der Waals surface area contributed by atoms with Crippen molar-refractivity contribution in [1.82, 2.24) is 0 Å². The Bertz CT molecular complexity index is 407. The number of hydrogen-bond donors (Lipinski definition) is 1. The standard InChI is InChI=1S/C15H21NO3/c1-11(14-9-13(16)7-8-18-14)10-19-15(17)12-5-3-2-4-6-12/h2-6,11,13-14H,7-10,16H2,1H3. The third-order valence-corrected chi connectivity index (χ3v) is 3.48. The molecule has 1 aliphatic heterocycles. The van der Waals surface area contributed by atoms with E-state index in [1.807, 2.05) is 25.1 Å². The molecule has 1 aliphatic rings. The first kappa shape index (κ1) is 14.0. The van der Waals surface area contributed by atoms with Crippen molar-refractivity contribution in [1.29, 1.82) is 0 Å². The summed E-state index contributed by atoms with van der Waals surface area (Å²) >= 11 is 0. The number of carbonyl (C=O) groups is 1. The molecule has 3 atom stereocenters. The normalized spacial score (nSPS) is 24.7. The van der Waals surface area contributed by atoms with E-state index < -0.39 is 0 Å². The molecule has 1 fully saturated rings. The van der Waals surface area contributed by atoms with Crippen LogP contribution in [0.3, 0.4) is 0 Å². The largest absolute Gasteiger partial charge is 0.462 e. The Morgan fingerprint density at radius 2 is 2.21 bits per heavy atom. The maximum atomic E-state index is 11.8. The number of ether oxygens (including phenoxy) is 2. The van der Waals surface area contributed by atoms with Crippen LogP contribution >= 0.6 is 0 Å². The van der Waals surface area contributed by atoms with Crippen molar-refractivity contribution in [2.24, 2.45) is 11.7 Å². The molecule has 0 bridgehead atoms. The lowest BCUT2D eigenvalue weighted by atomic mass is 9.95. The zero-order valence-corrected chi connectivity index (χ0v) is 11.2. The minimum absolute atomic E-state index is 0.0901. The number of esters is 1. The molecule has 0 spiro atoms. The quantitative estimate of drug-likeness (QED) is 0.844. The maximum Gasteiger partial charge on any atom is 0.338 e. The molecule has 0 aliphatic carbocycles. The molecule has 19 heavy (non-hydrogen) atoms. The van der Waals surface area contributed by atoms with Gasteiger partial charge in [0.2, 0.25) is 0 Å². The fourth-order valence-electron chi connectivity index (χ4n) is 2.22. The van der Waals surface area contributed by atoms with Gasteiger partial charge in [0, 0.05) is 18.6 Å². The zero-order chi connectivity index (χ0) is 13.7. The van der Waals surface area contributed by atoms with E-state index in [0.29, 0.717) is 18.8 Å². The number of carbonyl (C=O) groups excluding carboxylic acids is 1. The van der Waals surface area contributed by atoms with Crippen molar-refractivity contribution in [3.8, 4) is 0 Å². The lowest BCUT2D eigenvalue weighted by Gasteiger charge is -2.31. The molecule has 3 unspecified atom stereocenters. The van der Waals surface area contributed by atoms with E-state index in [-0.39, 0.29) is 24.0 Å². The Kier molecular flexibility index (Phi) is 4.93. The topological polar surface area (TPSA) is 61.5 Å². The summed E-state index contributed by atoms with van der Waals surface area (Å²) in [6.07, 6.45) is 1.84. The molecular weight excluding hydrogens is 242 g/mol. The first-order chi connectivity index (χ1) is 9.16. The molecule has 0 saturated carbocycles. The van der Waals surface area contributed by atoms with E-state index in [9.17, 15) is 4.79 Å². The van der Waals surface area contributed by atoms with Gasteiger partial charge in [-0.15, -0.1) is 0 Å². The van der Waals surface area contributed by atoms with Crippen LogP contribution in [-0.2, 0) is 9.47 Å². The van der Waals surface area contributed by atoms with Crippen LogP contribution in [0.15, 0.2) is 30.3 Å². The van der Waals surface area contributed by atoms with E-state index >= 15 is 0 Å². The number of hydrogen-bond acceptors (Lipinski definition) is 4. The fraction of sp³-hybridized carbons (Fsp3) is 0.533. The molecule has 0 aromatic heterocycles. The highest BCUT2D eigenvalue weighted by Crippen LogP contribution is 2.20. The lowest BCUT2D eigenvalue weighted by molar-refractivity contribution is -0.0408. The maximum absolute atomic E-state index is 11.8. The van der Waals surface area contributed by atoms with Crippen molar-refractivity contribution in [3.05, 3.63) is 35.9 Å². The van der Waals surface area contributed by atoms with Crippen molar-refractivity contribution < 1.29 is 14.3 Å². The number of nitrogens with two attached hydrogens (primary N) is 1. The molecule has 4 heteroatoms. The molecule has 4 nitrogen and oxygen atoms in total. The average molecular weight is 263 g/mol. The minimum atomic E-state index is -0.285. The van der Waals surface area contributed by atoms with Crippen molar-refractivity contribution >= 4 is 5.97 Å². The van der Waals surface area contributed by atoms with Crippen molar-refractivity contribution in [2.75, 3.05) is 13.2 Å². The van der Waals surface area contributed by atoms with Gasteiger partial charge in [-0.1, -0.05) is 25.1 Å². The Morgan fingerprint density at radius 3 is 2.89 bits per heavy atom. The summed E-state index contributed by atoms with van der Waals surface area (Å²) < 4.78 is 11.0. The fourth-order valence-corrected chi connectivity index (χ4v) is 2.22. The second kappa shape index (κ2) is 6.68. The molecule has 1 heterocycles. The van der Waals surface area contributed by atoms with E-state index in [1.165, 1.54) is 0 Å². The van der Waals surface area contributed by atoms with Gasteiger partial charge in [-0.2, -0.15) is 0 Å². The first-order valence-corrected chi connectivity index (χ1v) is 6.76. The van der Waals surface area contributed by atoms with Crippen LogP contribution in [0, 0.1) is 5.92 Å². The second-order valence-electron chi connectivity index (χ2n) is 5.14. The molecule has 2 rings (SSSR count). The van der Waals surface area contributed by atoms with E-state index in [4.69, 9.17) is 15.2 Å². The highest BCUT2D eigenvalue weighted by molar-refractivity contribution is 5.89. The minimum Gasteiger partial charge on any atom is -0.462 e. The van der Waals surface area contributed by atoms with Gasteiger partial charge in [-0.3, -0.25) is 0 Å². The predicted octanol–water partition coefficient (Wildman–Crippen LogP) is 1.99. The van der Waals surface area contributed by atoms with E-state index in [1.54, 1.807) is 12.1 Å². The van der Waals surface area contributed by atoms with Crippen LogP contribution in [0.4, 0.5) is 0 Å². The van der Waals surface area contributed by atoms with E-state index in [0.717, 1.165) is 12.8 Å². The van der Waals surface area contributed by atoms with Crippen LogP contribution in [0.25, 0.3) is 0 Å². The average Bonchev–Trinajstić information content (AvgIpc) is 2.45. The van der Waals surface area contributed by atoms with Gasteiger partial charge in [0.15, 0.2) is 0 Å².